The highest BCUT2D eigenvalue weighted by atomic mass is 79.9. The number of aromatic nitrogens is 2. The first-order valence-corrected chi connectivity index (χ1v) is 18.3. The van der Waals surface area contributed by atoms with Crippen molar-refractivity contribution in [1.82, 2.24) is 9.13 Å². The molecule has 0 N–H and O–H groups in total. The number of fused-ring (bicyclic) bond motifs is 1. The Morgan fingerprint density at radius 3 is 2.25 bits per heavy atom. The largest absolute Gasteiger partial charge is 0.517 e. The van der Waals surface area contributed by atoms with Crippen molar-refractivity contribution in [1.29, 1.82) is 0 Å². The zero-order valence-electron chi connectivity index (χ0n) is 25.6. The number of benzene rings is 1. The van der Waals surface area contributed by atoms with Crippen molar-refractivity contribution in [3.05, 3.63) is 65.6 Å². The summed E-state index contributed by atoms with van der Waals surface area (Å²) >= 11 is 4.92. The minimum atomic E-state index is -2.52. The van der Waals surface area contributed by atoms with Crippen LogP contribution in [0.1, 0.15) is 78.2 Å². The number of carbonyl (C=O) groups excluding carboxylic acids is 1. The summed E-state index contributed by atoms with van der Waals surface area (Å²) in [5.41, 5.74) is 0.276. The number of thiophene rings is 1. The van der Waals surface area contributed by atoms with Crippen molar-refractivity contribution in [2.45, 2.75) is 111 Å². The number of halogens is 1. The van der Waals surface area contributed by atoms with E-state index in [4.69, 9.17) is 9.16 Å². The molecule has 7 nitrogen and oxygen atoms in total. The Morgan fingerprint density at radius 1 is 1.10 bits per heavy atom. The Bertz CT molecular complexity index is 1530. The van der Waals surface area contributed by atoms with Crippen LogP contribution in [0.2, 0.25) is 18.1 Å². The topological polar surface area (TPSA) is 79.5 Å². The van der Waals surface area contributed by atoms with Crippen LogP contribution in [0, 0.1) is 6.92 Å². The summed E-state index contributed by atoms with van der Waals surface area (Å²) in [6.07, 6.45) is 0.278. The molecule has 220 valence electrons. The molecule has 1 atom stereocenters. The summed E-state index contributed by atoms with van der Waals surface area (Å²) < 4.78 is 15.9. The molecular weight excluding hydrogens is 608 g/mol. The predicted molar refractivity (Wildman–Crippen MR) is 170 cm³/mol. The minimum Gasteiger partial charge on any atom is -0.517 e. The molecule has 2 aromatic heterocycles. The Hall–Kier alpha value is -2.01. The molecule has 3 aromatic rings. The first kappa shape index (κ1) is 32.5. The molecule has 10 heteroatoms. The van der Waals surface area contributed by atoms with Gasteiger partial charge in [0.25, 0.3) is 13.9 Å². The van der Waals surface area contributed by atoms with E-state index in [2.05, 4.69) is 28.9 Å². The lowest BCUT2D eigenvalue weighted by atomic mass is 10.00. The van der Waals surface area contributed by atoms with Gasteiger partial charge in [-0.05, 0) is 91.8 Å². The van der Waals surface area contributed by atoms with Crippen LogP contribution in [0.3, 0.4) is 0 Å². The molecule has 0 spiro atoms. The molecular formula is C30H43BrN2O5SSi. The van der Waals surface area contributed by atoms with Crippen LogP contribution in [0.4, 0.5) is 0 Å². The second kappa shape index (κ2) is 11.7. The Labute approximate surface area is 250 Å². The van der Waals surface area contributed by atoms with Gasteiger partial charge in [0, 0.05) is 0 Å². The van der Waals surface area contributed by atoms with Crippen molar-refractivity contribution >= 4 is 51.8 Å². The van der Waals surface area contributed by atoms with Crippen molar-refractivity contribution in [3.63, 3.8) is 0 Å². The van der Waals surface area contributed by atoms with E-state index in [0.717, 1.165) is 31.5 Å². The van der Waals surface area contributed by atoms with Gasteiger partial charge in [0.2, 0.25) is 0 Å². The molecule has 0 unspecified atom stereocenters. The second-order valence-electron chi connectivity index (χ2n) is 12.6. The van der Waals surface area contributed by atoms with E-state index >= 15 is 0 Å². The number of hydrogen-bond acceptors (Lipinski definition) is 6. The molecule has 3 rings (SSSR count). The quantitative estimate of drug-likeness (QED) is 0.227. The third-order valence-corrected chi connectivity index (χ3v) is 14.4. The number of rotatable bonds is 9. The average molecular weight is 652 g/mol. The highest BCUT2D eigenvalue weighted by molar-refractivity contribution is 9.11. The summed E-state index contributed by atoms with van der Waals surface area (Å²) in [5.74, 6) is -0.581. The minimum absolute atomic E-state index is 0.0974. The first-order chi connectivity index (χ1) is 18.3. The van der Waals surface area contributed by atoms with Crippen LogP contribution in [-0.4, -0.2) is 29.5 Å². The Kier molecular flexibility index (Phi) is 9.51. The highest BCUT2D eigenvalue weighted by Crippen LogP contribution is 2.38. The lowest BCUT2D eigenvalue weighted by Crippen LogP contribution is -2.56. The van der Waals surface area contributed by atoms with Gasteiger partial charge in [0.05, 0.1) is 21.8 Å². The highest BCUT2D eigenvalue weighted by Gasteiger charge is 2.45. The van der Waals surface area contributed by atoms with Crippen molar-refractivity contribution in [2.24, 2.45) is 0 Å². The summed E-state index contributed by atoms with van der Waals surface area (Å²) in [4.78, 5) is 42.6. The monoisotopic (exact) mass is 650 g/mol. The normalized spacial score (nSPS) is 13.7. The third kappa shape index (κ3) is 6.10. The van der Waals surface area contributed by atoms with E-state index in [1.54, 1.807) is 18.4 Å². The maximum absolute atomic E-state index is 14.3. The molecule has 0 aliphatic heterocycles. The molecule has 40 heavy (non-hydrogen) atoms. The number of nitrogens with zero attached hydrogens (tertiary/aromatic N) is 2. The van der Waals surface area contributed by atoms with Gasteiger partial charge in [-0.3, -0.25) is 14.2 Å². The number of ether oxygens (including phenoxy) is 1. The van der Waals surface area contributed by atoms with Crippen LogP contribution in [0.5, 0.6) is 0 Å². The molecule has 0 saturated heterocycles. The molecule has 0 bridgehead atoms. The van der Waals surface area contributed by atoms with Crippen LogP contribution >= 0.6 is 27.3 Å². The predicted octanol–water partition coefficient (Wildman–Crippen LogP) is 7.31. The summed E-state index contributed by atoms with van der Waals surface area (Å²) in [5, 5.41) is 0.188. The van der Waals surface area contributed by atoms with Gasteiger partial charge in [-0.15, -0.1) is 11.3 Å². The number of aryl methyl sites for hydroxylation is 2. The molecule has 2 heterocycles. The zero-order valence-corrected chi connectivity index (χ0v) is 29.0. The van der Waals surface area contributed by atoms with Gasteiger partial charge in [-0.1, -0.05) is 52.0 Å². The van der Waals surface area contributed by atoms with E-state index in [-0.39, 0.29) is 17.7 Å². The Morgan fingerprint density at radius 2 is 1.70 bits per heavy atom. The van der Waals surface area contributed by atoms with E-state index in [0.29, 0.717) is 10.2 Å². The van der Waals surface area contributed by atoms with Gasteiger partial charge < -0.3 is 9.16 Å². The Balaban J connectivity index is 2.30. The SMILES string of the molecule is CCc1ccccc1[C@H](Cn1c(=O)n(C(C)(C)C(=O)O[Si](C)(C)C(C)(C)C)c(=O)c2c(C)c(Br)sc21)OC(C)C. The van der Waals surface area contributed by atoms with Crippen molar-refractivity contribution < 1.29 is 14.0 Å². The van der Waals surface area contributed by atoms with Gasteiger partial charge in [-0.2, -0.15) is 0 Å². The molecule has 0 aliphatic rings. The van der Waals surface area contributed by atoms with Crippen molar-refractivity contribution in [2.75, 3.05) is 0 Å². The molecule has 0 saturated carbocycles. The first-order valence-electron chi connectivity index (χ1n) is 13.8. The molecule has 0 amide bonds. The fourth-order valence-electron chi connectivity index (χ4n) is 4.45. The van der Waals surface area contributed by atoms with Crippen molar-refractivity contribution in [3.8, 4) is 0 Å². The molecule has 0 fully saturated rings. The average Bonchev–Trinajstić information content (AvgIpc) is 3.13. The number of hydrogen-bond donors (Lipinski definition) is 0. The van der Waals surface area contributed by atoms with Crippen LogP contribution in [0.25, 0.3) is 10.2 Å². The van der Waals surface area contributed by atoms with E-state index < -0.39 is 37.2 Å². The standard InChI is InChI=1S/C30H43BrN2O5SSi/c1-12-20-15-13-14-16-21(20)22(37-18(2)3)17-32-26-23(19(4)24(31)39-26)25(34)33(28(32)36)30(8,9)27(35)38-40(10,11)29(5,6)7/h13-16,18,22H,12,17H2,1-11H3/t22-/m0/s1. The van der Waals surface area contributed by atoms with Gasteiger partial charge in [-0.25, -0.2) is 9.36 Å². The van der Waals surface area contributed by atoms with Gasteiger partial charge >= 0.3 is 11.7 Å². The van der Waals surface area contributed by atoms with E-state index in [9.17, 15) is 14.4 Å². The van der Waals surface area contributed by atoms with Gasteiger partial charge in [0.15, 0.2) is 0 Å². The summed E-state index contributed by atoms with van der Waals surface area (Å²) in [6.45, 7) is 21.3. The van der Waals surface area contributed by atoms with Crippen LogP contribution in [-0.2, 0) is 32.5 Å². The number of carbonyl (C=O) groups is 1. The lowest BCUT2D eigenvalue weighted by Gasteiger charge is -2.38. The third-order valence-electron chi connectivity index (χ3n) is 7.93. The summed E-state index contributed by atoms with van der Waals surface area (Å²) in [7, 11) is -2.52. The zero-order chi connectivity index (χ0) is 30.4. The van der Waals surface area contributed by atoms with Crippen LogP contribution < -0.4 is 11.2 Å². The maximum Gasteiger partial charge on any atom is 0.333 e. The summed E-state index contributed by atoms with van der Waals surface area (Å²) in [6, 6.07) is 8.06. The lowest BCUT2D eigenvalue weighted by molar-refractivity contribution is -0.144. The van der Waals surface area contributed by atoms with Crippen LogP contribution in [0.15, 0.2) is 37.6 Å². The van der Waals surface area contributed by atoms with Gasteiger partial charge in [0.1, 0.15) is 16.5 Å². The van der Waals surface area contributed by atoms with E-state index in [1.807, 2.05) is 72.8 Å². The fourth-order valence-corrected chi connectivity index (χ4v) is 7.16. The molecule has 0 aliphatic carbocycles. The van der Waals surface area contributed by atoms with E-state index in [1.165, 1.54) is 11.3 Å². The maximum atomic E-state index is 14.3. The molecule has 1 aromatic carbocycles. The smallest absolute Gasteiger partial charge is 0.333 e. The fraction of sp³-hybridized carbons (Fsp3) is 0.567. The second-order valence-corrected chi connectivity index (χ2v) is 19.7. The molecule has 0 radical (unpaired) electrons.